The van der Waals surface area contributed by atoms with Crippen LogP contribution in [0, 0.1) is 0 Å². The highest BCUT2D eigenvalue weighted by atomic mass is 16.2. The van der Waals surface area contributed by atoms with E-state index in [4.69, 9.17) is 0 Å². The maximum atomic E-state index is 11.8. The van der Waals surface area contributed by atoms with Crippen LogP contribution in [0.25, 0.3) is 0 Å². The van der Waals surface area contributed by atoms with Gasteiger partial charge in [0.05, 0.1) is 6.42 Å². The van der Waals surface area contributed by atoms with E-state index in [1.807, 2.05) is 4.90 Å². The highest BCUT2D eigenvalue weighted by Crippen LogP contribution is 2.05. The van der Waals surface area contributed by atoms with Crippen molar-refractivity contribution in [1.29, 1.82) is 0 Å². The molecule has 0 radical (unpaired) electrons. The van der Waals surface area contributed by atoms with E-state index in [2.05, 4.69) is 13.8 Å². The molecule has 0 spiro atoms. The lowest BCUT2D eigenvalue weighted by atomic mass is 10.2. The molecular formula is C14H27NO2. The molecule has 0 saturated carbocycles. The third-order valence-electron chi connectivity index (χ3n) is 2.82. The Morgan fingerprint density at radius 2 is 1.35 bits per heavy atom. The van der Waals surface area contributed by atoms with Crippen LogP contribution in [0.5, 0.6) is 0 Å². The zero-order valence-electron chi connectivity index (χ0n) is 11.6. The number of rotatable bonds is 10. The van der Waals surface area contributed by atoms with Crippen LogP contribution in [-0.4, -0.2) is 29.7 Å². The summed E-state index contributed by atoms with van der Waals surface area (Å²) in [7, 11) is 0. The van der Waals surface area contributed by atoms with Crippen molar-refractivity contribution in [2.24, 2.45) is 0 Å². The minimum atomic E-state index is -0.0361. The molecule has 0 N–H and O–H groups in total. The van der Waals surface area contributed by atoms with Crippen LogP contribution in [0.2, 0.25) is 0 Å². The molecule has 0 aliphatic heterocycles. The monoisotopic (exact) mass is 241 g/mol. The topological polar surface area (TPSA) is 37.4 Å². The molecule has 0 bridgehead atoms. The predicted molar refractivity (Wildman–Crippen MR) is 70.9 cm³/mol. The summed E-state index contributed by atoms with van der Waals surface area (Å²) in [6.07, 6.45) is 6.78. The van der Waals surface area contributed by atoms with Crippen molar-refractivity contribution in [3.63, 3.8) is 0 Å². The number of unbranched alkanes of at least 4 members (excludes halogenated alkanes) is 4. The number of hydrogen-bond donors (Lipinski definition) is 0. The fraction of sp³-hybridized carbons (Fsp3) is 0.857. The van der Waals surface area contributed by atoms with Gasteiger partial charge >= 0.3 is 0 Å². The van der Waals surface area contributed by atoms with Crippen LogP contribution >= 0.6 is 0 Å². The Morgan fingerprint density at radius 3 is 1.71 bits per heavy atom. The lowest BCUT2D eigenvalue weighted by Gasteiger charge is -2.22. The molecule has 0 unspecified atom stereocenters. The number of amides is 1. The second-order valence-electron chi connectivity index (χ2n) is 4.67. The summed E-state index contributed by atoms with van der Waals surface area (Å²) in [6.45, 7) is 7.40. The van der Waals surface area contributed by atoms with Crippen LogP contribution < -0.4 is 0 Å². The number of carbonyl (C=O) groups is 2. The fourth-order valence-corrected chi connectivity index (χ4v) is 1.79. The van der Waals surface area contributed by atoms with Gasteiger partial charge in [-0.25, -0.2) is 0 Å². The summed E-state index contributed by atoms with van der Waals surface area (Å²) in [4.78, 5) is 24.7. The van der Waals surface area contributed by atoms with Crippen molar-refractivity contribution in [2.45, 2.75) is 65.7 Å². The van der Waals surface area contributed by atoms with Gasteiger partial charge in [0, 0.05) is 13.1 Å². The maximum Gasteiger partial charge on any atom is 0.230 e. The van der Waals surface area contributed by atoms with E-state index < -0.39 is 0 Å². The van der Waals surface area contributed by atoms with Gasteiger partial charge < -0.3 is 4.90 Å². The van der Waals surface area contributed by atoms with Crippen molar-refractivity contribution in [2.75, 3.05) is 13.1 Å². The van der Waals surface area contributed by atoms with E-state index in [0.717, 1.165) is 51.6 Å². The molecule has 0 fully saturated rings. The third kappa shape index (κ3) is 8.90. The zero-order valence-corrected chi connectivity index (χ0v) is 11.6. The minimum Gasteiger partial charge on any atom is -0.342 e. The SMILES string of the molecule is CCCCCN(CCCCC)C(=O)CC(C)=O. The van der Waals surface area contributed by atoms with E-state index in [9.17, 15) is 9.59 Å². The molecule has 3 nitrogen and oxygen atoms in total. The van der Waals surface area contributed by atoms with Gasteiger partial charge in [-0.15, -0.1) is 0 Å². The van der Waals surface area contributed by atoms with E-state index >= 15 is 0 Å². The highest BCUT2D eigenvalue weighted by Gasteiger charge is 2.14. The molecular weight excluding hydrogens is 214 g/mol. The minimum absolute atomic E-state index is 0.00436. The number of Topliss-reactive ketones (excluding diaryl/α,β-unsaturated/α-hetero) is 1. The summed E-state index contributed by atoms with van der Waals surface area (Å²) in [5.74, 6) is -0.0318. The zero-order chi connectivity index (χ0) is 13.1. The predicted octanol–water partition coefficient (Wildman–Crippen LogP) is 3.17. The van der Waals surface area contributed by atoms with E-state index in [0.29, 0.717) is 0 Å². The second-order valence-corrected chi connectivity index (χ2v) is 4.67. The Kier molecular flexibility index (Phi) is 9.78. The molecule has 0 aromatic carbocycles. The van der Waals surface area contributed by atoms with Gasteiger partial charge in [0.2, 0.25) is 5.91 Å². The Labute approximate surface area is 106 Å². The Balaban J connectivity index is 4.07. The molecule has 0 atom stereocenters. The van der Waals surface area contributed by atoms with Crippen LogP contribution in [0.4, 0.5) is 0 Å². The van der Waals surface area contributed by atoms with Gasteiger partial charge in [0.25, 0.3) is 0 Å². The molecule has 0 heterocycles. The molecule has 0 rings (SSSR count). The van der Waals surface area contributed by atoms with E-state index in [-0.39, 0.29) is 18.1 Å². The number of hydrogen-bond acceptors (Lipinski definition) is 2. The van der Waals surface area contributed by atoms with Crippen LogP contribution in [0.15, 0.2) is 0 Å². The molecule has 0 aliphatic rings. The average Bonchev–Trinajstić information content (AvgIpc) is 2.26. The van der Waals surface area contributed by atoms with Crippen LogP contribution in [0.1, 0.15) is 65.7 Å². The molecule has 100 valence electrons. The first-order chi connectivity index (χ1) is 8.11. The van der Waals surface area contributed by atoms with Crippen molar-refractivity contribution >= 4 is 11.7 Å². The number of nitrogens with zero attached hydrogens (tertiary/aromatic N) is 1. The van der Waals surface area contributed by atoms with Crippen molar-refractivity contribution in [1.82, 2.24) is 4.90 Å². The number of ketones is 1. The van der Waals surface area contributed by atoms with Crippen molar-refractivity contribution < 1.29 is 9.59 Å². The lowest BCUT2D eigenvalue weighted by molar-refractivity contribution is -0.135. The van der Waals surface area contributed by atoms with Gasteiger partial charge in [-0.1, -0.05) is 39.5 Å². The highest BCUT2D eigenvalue weighted by molar-refractivity contribution is 5.96. The summed E-state index contributed by atoms with van der Waals surface area (Å²) in [5.41, 5.74) is 0. The lowest BCUT2D eigenvalue weighted by Crippen LogP contribution is -2.34. The Hall–Kier alpha value is -0.860. The molecule has 0 aromatic heterocycles. The normalized spacial score (nSPS) is 10.3. The smallest absolute Gasteiger partial charge is 0.230 e. The van der Waals surface area contributed by atoms with Gasteiger partial charge in [-0.3, -0.25) is 9.59 Å². The Morgan fingerprint density at radius 1 is 0.882 bits per heavy atom. The maximum absolute atomic E-state index is 11.8. The number of carbonyl (C=O) groups excluding carboxylic acids is 2. The first-order valence-corrected chi connectivity index (χ1v) is 6.89. The van der Waals surface area contributed by atoms with Gasteiger partial charge in [-0.2, -0.15) is 0 Å². The molecule has 3 heteroatoms. The summed E-state index contributed by atoms with van der Waals surface area (Å²) in [5, 5.41) is 0. The molecule has 0 aliphatic carbocycles. The van der Waals surface area contributed by atoms with Crippen molar-refractivity contribution in [3.05, 3.63) is 0 Å². The largest absolute Gasteiger partial charge is 0.342 e. The molecule has 1 amide bonds. The summed E-state index contributed by atoms with van der Waals surface area (Å²) >= 11 is 0. The van der Waals surface area contributed by atoms with Gasteiger partial charge in [-0.05, 0) is 19.8 Å². The van der Waals surface area contributed by atoms with Crippen LogP contribution in [-0.2, 0) is 9.59 Å². The van der Waals surface area contributed by atoms with Gasteiger partial charge in [0.1, 0.15) is 5.78 Å². The van der Waals surface area contributed by atoms with Crippen LogP contribution in [0.3, 0.4) is 0 Å². The summed E-state index contributed by atoms with van der Waals surface area (Å²) < 4.78 is 0. The molecule has 17 heavy (non-hydrogen) atoms. The van der Waals surface area contributed by atoms with Gasteiger partial charge in [0.15, 0.2) is 0 Å². The molecule has 0 saturated heterocycles. The standard InChI is InChI=1S/C14H27NO2/c1-4-6-8-10-15(11-9-7-5-2)14(17)12-13(3)16/h4-12H2,1-3H3. The molecule has 0 aromatic rings. The Bertz CT molecular complexity index is 216. The average molecular weight is 241 g/mol. The van der Waals surface area contributed by atoms with E-state index in [1.165, 1.54) is 6.92 Å². The quantitative estimate of drug-likeness (QED) is 0.435. The second kappa shape index (κ2) is 10.3. The summed E-state index contributed by atoms with van der Waals surface area (Å²) in [6, 6.07) is 0. The van der Waals surface area contributed by atoms with Crippen molar-refractivity contribution in [3.8, 4) is 0 Å². The fourth-order valence-electron chi connectivity index (χ4n) is 1.79. The van der Waals surface area contributed by atoms with E-state index in [1.54, 1.807) is 0 Å². The third-order valence-corrected chi connectivity index (χ3v) is 2.82. The first-order valence-electron chi connectivity index (χ1n) is 6.89. The first kappa shape index (κ1) is 16.1.